The van der Waals surface area contributed by atoms with Crippen molar-refractivity contribution in [2.75, 3.05) is 11.9 Å². The number of hydrogen-bond donors (Lipinski definition) is 2. The Morgan fingerprint density at radius 3 is 3.00 bits per heavy atom. The van der Waals surface area contributed by atoms with E-state index in [9.17, 15) is 4.39 Å². The van der Waals surface area contributed by atoms with Crippen LogP contribution in [0.5, 0.6) is 0 Å². The molecule has 1 aliphatic heterocycles. The molecule has 1 spiro atoms. The fraction of sp³-hybridized carbons (Fsp3) is 0.615. The molecule has 0 aromatic carbocycles. The average molecular weight is 314 g/mol. The van der Waals surface area contributed by atoms with Crippen molar-refractivity contribution in [3.05, 3.63) is 22.6 Å². The van der Waals surface area contributed by atoms with E-state index < -0.39 is 0 Å². The predicted molar refractivity (Wildman–Crippen MR) is 73.1 cm³/mol. The molecule has 18 heavy (non-hydrogen) atoms. The van der Waals surface area contributed by atoms with Crippen molar-refractivity contribution in [2.45, 2.75) is 43.7 Å². The van der Waals surface area contributed by atoms with Gasteiger partial charge in [-0.2, -0.15) is 0 Å². The highest BCUT2D eigenvalue weighted by atomic mass is 79.9. The molecule has 98 valence electrons. The fourth-order valence-electron chi connectivity index (χ4n) is 2.98. The maximum Gasteiger partial charge on any atom is 0.166 e. The molecular formula is C13H17BrFN3. The van der Waals surface area contributed by atoms with E-state index >= 15 is 0 Å². The summed E-state index contributed by atoms with van der Waals surface area (Å²) in [5.74, 6) is 0.0881. The SMILES string of the molecule is Fc1cc(Br)cnc1NC1CCNC2(CCC2)C1. The van der Waals surface area contributed by atoms with Crippen LogP contribution in [0.3, 0.4) is 0 Å². The van der Waals surface area contributed by atoms with Crippen LogP contribution in [-0.2, 0) is 0 Å². The maximum atomic E-state index is 13.7. The number of nitrogens with one attached hydrogen (secondary N) is 2. The van der Waals surface area contributed by atoms with Gasteiger partial charge < -0.3 is 10.6 Å². The van der Waals surface area contributed by atoms with Gasteiger partial charge in [-0.25, -0.2) is 9.37 Å². The molecule has 1 aromatic heterocycles. The van der Waals surface area contributed by atoms with E-state index in [1.165, 1.54) is 25.3 Å². The number of anilines is 1. The molecule has 1 saturated heterocycles. The minimum absolute atomic E-state index is 0.287. The summed E-state index contributed by atoms with van der Waals surface area (Å²) in [6.45, 7) is 1.01. The zero-order valence-corrected chi connectivity index (χ0v) is 11.8. The van der Waals surface area contributed by atoms with Crippen LogP contribution in [0.1, 0.15) is 32.1 Å². The zero-order valence-electron chi connectivity index (χ0n) is 10.2. The van der Waals surface area contributed by atoms with Gasteiger partial charge in [0.05, 0.1) is 0 Å². The molecule has 3 rings (SSSR count). The first-order valence-corrected chi connectivity index (χ1v) is 7.29. The van der Waals surface area contributed by atoms with Crippen molar-refractivity contribution >= 4 is 21.7 Å². The molecule has 2 heterocycles. The molecule has 3 nitrogen and oxygen atoms in total. The molecule has 2 aliphatic rings. The van der Waals surface area contributed by atoms with Crippen LogP contribution in [0.4, 0.5) is 10.2 Å². The van der Waals surface area contributed by atoms with Crippen LogP contribution >= 0.6 is 15.9 Å². The Morgan fingerprint density at radius 1 is 1.50 bits per heavy atom. The first-order valence-electron chi connectivity index (χ1n) is 6.50. The predicted octanol–water partition coefficient (Wildman–Crippen LogP) is 3.07. The molecule has 0 amide bonds. The molecule has 5 heteroatoms. The molecule has 0 radical (unpaired) electrons. The van der Waals surface area contributed by atoms with Crippen molar-refractivity contribution in [3.63, 3.8) is 0 Å². The Kier molecular flexibility index (Phi) is 3.28. The molecule has 2 N–H and O–H groups in total. The number of aromatic nitrogens is 1. The smallest absolute Gasteiger partial charge is 0.166 e. The molecule has 2 fully saturated rings. The summed E-state index contributed by atoms with van der Waals surface area (Å²) in [5, 5.41) is 6.86. The lowest BCUT2D eigenvalue weighted by atomic mass is 9.70. The van der Waals surface area contributed by atoms with Gasteiger partial charge in [0.2, 0.25) is 0 Å². The van der Waals surface area contributed by atoms with E-state index in [1.54, 1.807) is 6.20 Å². The topological polar surface area (TPSA) is 37.0 Å². The summed E-state index contributed by atoms with van der Waals surface area (Å²) >= 11 is 3.22. The van der Waals surface area contributed by atoms with Gasteiger partial charge in [-0.3, -0.25) is 0 Å². The highest BCUT2D eigenvalue weighted by molar-refractivity contribution is 9.10. The Balaban J connectivity index is 1.68. The minimum atomic E-state index is -0.287. The van der Waals surface area contributed by atoms with E-state index in [1.807, 2.05) is 0 Å². The monoisotopic (exact) mass is 313 g/mol. The van der Waals surface area contributed by atoms with Crippen LogP contribution in [0.15, 0.2) is 16.7 Å². The van der Waals surface area contributed by atoms with Gasteiger partial charge >= 0.3 is 0 Å². The molecule has 1 aliphatic carbocycles. The summed E-state index contributed by atoms with van der Waals surface area (Å²) < 4.78 is 14.4. The van der Waals surface area contributed by atoms with Crippen molar-refractivity contribution in [2.24, 2.45) is 0 Å². The second-order valence-electron chi connectivity index (χ2n) is 5.38. The second-order valence-corrected chi connectivity index (χ2v) is 6.29. The van der Waals surface area contributed by atoms with Crippen LogP contribution in [-0.4, -0.2) is 23.1 Å². The van der Waals surface area contributed by atoms with Crippen molar-refractivity contribution in [1.29, 1.82) is 0 Å². The Bertz CT molecular complexity index is 448. The van der Waals surface area contributed by atoms with E-state index in [-0.39, 0.29) is 5.82 Å². The van der Waals surface area contributed by atoms with Gasteiger partial charge in [-0.15, -0.1) is 0 Å². The number of piperidine rings is 1. The number of halogens is 2. The summed E-state index contributed by atoms with van der Waals surface area (Å²) in [6, 6.07) is 1.78. The summed E-state index contributed by atoms with van der Waals surface area (Å²) in [6.07, 6.45) is 7.54. The summed E-state index contributed by atoms with van der Waals surface area (Å²) in [5.41, 5.74) is 0.321. The van der Waals surface area contributed by atoms with Gasteiger partial charge in [0.25, 0.3) is 0 Å². The lowest BCUT2D eigenvalue weighted by Crippen LogP contribution is -2.58. The van der Waals surface area contributed by atoms with E-state index in [4.69, 9.17) is 0 Å². The Morgan fingerprint density at radius 2 is 2.33 bits per heavy atom. The molecule has 1 atom stereocenters. The molecule has 1 saturated carbocycles. The minimum Gasteiger partial charge on any atom is -0.365 e. The molecule has 1 aromatic rings. The summed E-state index contributed by atoms with van der Waals surface area (Å²) in [7, 11) is 0. The van der Waals surface area contributed by atoms with Crippen molar-refractivity contribution < 1.29 is 4.39 Å². The third kappa shape index (κ3) is 2.38. The van der Waals surface area contributed by atoms with Crippen LogP contribution < -0.4 is 10.6 Å². The second kappa shape index (κ2) is 4.78. The highest BCUT2D eigenvalue weighted by Gasteiger charge is 2.40. The highest BCUT2D eigenvalue weighted by Crippen LogP contribution is 2.39. The fourth-order valence-corrected chi connectivity index (χ4v) is 3.28. The third-order valence-electron chi connectivity index (χ3n) is 4.09. The van der Waals surface area contributed by atoms with E-state index in [0.29, 0.717) is 21.9 Å². The van der Waals surface area contributed by atoms with Gasteiger partial charge in [-0.1, -0.05) is 0 Å². The van der Waals surface area contributed by atoms with Crippen LogP contribution in [0.2, 0.25) is 0 Å². The normalized spacial score (nSPS) is 25.8. The lowest BCUT2D eigenvalue weighted by molar-refractivity contribution is 0.135. The number of pyridine rings is 1. The average Bonchev–Trinajstić information content (AvgIpc) is 2.31. The van der Waals surface area contributed by atoms with Gasteiger partial charge in [0.1, 0.15) is 0 Å². The standard InChI is InChI=1S/C13H17BrFN3/c14-9-6-11(15)12(16-8-9)18-10-2-5-17-13(7-10)3-1-4-13/h6,8,10,17H,1-5,7H2,(H,16,18). The molecular weight excluding hydrogens is 297 g/mol. The lowest BCUT2D eigenvalue weighted by Gasteiger charge is -2.48. The number of rotatable bonds is 2. The first kappa shape index (κ1) is 12.4. The number of hydrogen-bond acceptors (Lipinski definition) is 3. The summed E-state index contributed by atoms with van der Waals surface area (Å²) in [4.78, 5) is 4.11. The van der Waals surface area contributed by atoms with Crippen LogP contribution in [0, 0.1) is 5.82 Å². The Labute approximate surface area is 115 Å². The first-order chi connectivity index (χ1) is 8.67. The van der Waals surface area contributed by atoms with Crippen LogP contribution in [0.25, 0.3) is 0 Å². The molecule has 1 unspecified atom stereocenters. The van der Waals surface area contributed by atoms with Crippen molar-refractivity contribution in [3.8, 4) is 0 Å². The quantitative estimate of drug-likeness (QED) is 0.881. The zero-order chi connectivity index (χ0) is 12.6. The van der Waals surface area contributed by atoms with Gasteiger partial charge in [0, 0.05) is 22.3 Å². The molecule has 0 bridgehead atoms. The largest absolute Gasteiger partial charge is 0.365 e. The van der Waals surface area contributed by atoms with Gasteiger partial charge in [0.15, 0.2) is 11.6 Å². The third-order valence-corrected chi connectivity index (χ3v) is 4.52. The van der Waals surface area contributed by atoms with Gasteiger partial charge in [-0.05, 0) is 60.6 Å². The number of nitrogens with zero attached hydrogens (tertiary/aromatic N) is 1. The maximum absolute atomic E-state index is 13.7. The van der Waals surface area contributed by atoms with Crippen molar-refractivity contribution in [1.82, 2.24) is 10.3 Å². The Hall–Kier alpha value is -0.680. The van der Waals surface area contributed by atoms with E-state index in [2.05, 4.69) is 31.5 Å². The van der Waals surface area contributed by atoms with E-state index in [0.717, 1.165) is 19.4 Å².